The van der Waals surface area contributed by atoms with Crippen LogP contribution in [0.4, 0.5) is 0 Å². The molecular weight excluding hydrogens is 256 g/mol. The van der Waals surface area contributed by atoms with Crippen molar-refractivity contribution in [1.82, 2.24) is 0 Å². The Kier molecular flexibility index (Phi) is 3.96. The largest absolute Gasteiger partial charge is 0.315 e. The Hall–Kier alpha value is 0.367. The summed E-state index contributed by atoms with van der Waals surface area (Å²) in [6, 6.07) is 0. The van der Waals surface area contributed by atoms with Crippen LogP contribution in [-0.4, -0.2) is 30.2 Å². The van der Waals surface area contributed by atoms with Gasteiger partial charge in [0, 0.05) is 10.7 Å². The van der Waals surface area contributed by atoms with Crippen LogP contribution >= 0.6 is 10.7 Å². The van der Waals surface area contributed by atoms with Crippen molar-refractivity contribution in [1.29, 1.82) is 0 Å². The molecule has 0 aliphatic heterocycles. The SMILES string of the molecule is C[Si](C)(C)OS(=O)(=O)CS(=O)(=O)Cl. The van der Waals surface area contributed by atoms with Crippen LogP contribution in [0.5, 0.6) is 0 Å². The number of hydrogen-bond donors (Lipinski definition) is 0. The topological polar surface area (TPSA) is 77.5 Å². The molecule has 0 fully saturated rings. The van der Waals surface area contributed by atoms with Gasteiger partial charge in [-0.3, -0.25) is 0 Å². The first-order valence-corrected chi connectivity index (χ1v) is 10.7. The molecule has 0 amide bonds. The summed E-state index contributed by atoms with van der Waals surface area (Å²) in [5.41, 5.74) is 0. The molecule has 0 aliphatic carbocycles. The van der Waals surface area contributed by atoms with E-state index in [1.165, 1.54) is 0 Å². The first-order valence-electron chi connectivity index (χ1n) is 3.27. The van der Waals surface area contributed by atoms with Crippen molar-refractivity contribution in [2.75, 3.05) is 5.08 Å². The second-order valence-corrected chi connectivity index (χ2v) is 12.8. The maximum atomic E-state index is 11.0. The van der Waals surface area contributed by atoms with Gasteiger partial charge in [-0.05, 0) is 19.6 Å². The fraction of sp³-hybridized carbons (Fsp3) is 1.00. The predicted octanol–water partition coefficient (Wildman–Crippen LogP) is 0.694. The third kappa shape index (κ3) is 8.69. The summed E-state index contributed by atoms with van der Waals surface area (Å²) < 4.78 is 47.6. The summed E-state index contributed by atoms with van der Waals surface area (Å²) in [6.45, 7) is 4.89. The van der Waals surface area contributed by atoms with E-state index in [0.717, 1.165) is 0 Å². The lowest BCUT2D eigenvalue weighted by Gasteiger charge is -2.15. The van der Waals surface area contributed by atoms with Crippen molar-refractivity contribution in [3.8, 4) is 0 Å². The van der Waals surface area contributed by atoms with E-state index in [2.05, 4.69) is 3.87 Å². The number of hydrogen-bond acceptors (Lipinski definition) is 5. The van der Waals surface area contributed by atoms with Gasteiger partial charge in [0.2, 0.25) is 17.4 Å². The van der Waals surface area contributed by atoms with E-state index in [1.807, 2.05) is 0 Å². The smallest absolute Gasteiger partial charge is 0.273 e. The molecule has 0 heterocycles. The fourth-order valence-corrected chi connectivity index (χ4v) is 6.61. The molecule has 0 rings (SSSR count). The lowest BCUT2D eigenvalue weighted by molar-refractivity contribution is 0.490. The van der Waals surface area contributed by atoms with Crippen LogP contribution in [0.1, 0.15) is 0 Å². The molecule has 0 aromatic rings. The van der Waals surface area contributed by atoms with Gasteiger partial charge in [-0.25, -0.2) is 8.42 Å². The number of rotatable bonds is 4. The molecule has 0 saturated carbocycles. The van der Waals surface area contributed by atoms with Crippen LogP contribution in [0.3, 0.4) is 0 Å². The minimum absolute atomic E-state index is 1.17. The van der Waals surface area contributed by atoms with Crippen molar-refractivity contribution < 1.29 is 20.7 Å². The molecule has 0 atom stereocenters. The zero-order valence-corrected chi connectivity index (χ0v) is 10.8. The summed E-state index contributed by atoms with van der Waals surface area (Å²) in [6.07, 6.45) is 0. The molecule has 5 nitrogen and oxygen atoms in total. The first kappa shape index (κ1) is 13.4. The molecule has 0 aromatic heterocycles. The van der Waals surface area contributed by atoms with Gasteiger partial charge in [0.1, 0.15) is 0 Å². The average Bonchev–Trinajstić information content (AvgIpc) is 1.43. The van der Waals surface area contributed by atoms with Crippen molar-refractivity contribution in [2.24, 2.45) is 0 Å². The van der Waals surface area contributed by atoms with Crippen LogP contribution in [0.2, 0.25) is 19.6 Å². The van der Waals surface area contributed by atoms with Crippen molar-refractivity contribution in [3.05, 3.63) is 0 Å². The van der Waals surface area contributed by atoms with Gasteiger partial charge in [0.05, 0.1) is 0 Å². The van der Waals surface area contributed by atoms with Gasteiger partial charge < -0.3 is 3.87 Å². The lowest BCUT2D eigenvalue weighted by Crippen LogP contribution is -2.31. The van der Waals surface area contributed by atoms with E-state index in [0.29, 0.717) is 0 Å². The Labute approximate surface area is 83.7 Å². The Balaban J connectivity index is 4.65. The van der Waals surface area contributed by atoms with Crippen LogP contribution in [0, 0.1) is 0 Å². The van der Waals surface area contributed by atoms with Crippen molar-refractivity contribution in [3.63, 3.8) is 0 Å². The van der Waals surface area contributed by atoms with E-state index in [9.17, 15) is 16.8 Å². The summed E-state index contributed by atoms with van der Waals surface area (Å²) in [7, 11) is -5.66. The molecule has 0 saturated heterocycles. The van der Waals surface area contributed by atoms with E-state index in [4.69, 9.17) is 10.7 Å². The Morgan fingerprint density at radius 3 is 1.77 bits per heavy atom. The fourth-order valence-electron chi connectivity index (χ4n) is 0.577. The van der Waals surface area contributed by atoms with Crippen LogP contribution in [0.15, 0.2) is 0 Å². The van der Waals surface area contributed by atoms with Crippen LogP contribution in [-0.2, 0) is 23.0 Å². The second-order valence-electron chi connectivity index (χ2n) is 3.41. The first-order chi connectivity index (χ1) is 5.41. The average molecular weight is 267 g/mol. The minimum atomic E-state index is -4.07. The standard InChI is InChI=1S/C4H11ClO5S2Si/c1-13(2,3)10-12(8,9)4-11(5,6)7/h4H2,1-3H3. The molecule has 0 spiro atoms. The van der Waals surface area contributed by atoms with Gasteiger partial charge in [-0.15, -0.1) is 0 Å². The lowest BCUT2D eigenvalue weighted by atomic mass is 11.8. The number of halogens is 1. The van der Waals surface area contributed by atoms with Crippen LogP contribution < -0.4 is 0 Å². The van der Waals surface area contributed by atoms with Crippen molar-refractivity contribution in [2.45, 2.75) is 19.6 Å². The molecule has 0 radical (unpaired) electrons. The molecule has 9 heteroatoms. The highest BCUT2D eigenvalue weighted by Crippen LogP contribution is 2.12. The summed E-state index contributed by atoms with van der Waals surface area (Å²) in [5.74, 6) is 0. The molecule has 0 aromatic carbocycles. The van der Waals surface area contributed by atoms with E-state index < -0.39 is 32.6 Å². The summed E-state index contributed by atoms with van der Waals surface area (Å²) in [5, 5.41) is -1.17. The van der Waals surface area contributed by atoms with Gasteiger partial charge >= 0.3 is 0 Å². The molecule has 0 aliphatic rings. The summed E-state index contributed by atoms with van der Waals surface area (Å²) >= 11 is 0. The molecule has 0 N–H and O–H groups in total. The highest BCUT2D eigenvalue weighted by atomic mass is 35.7. The van der Waals surface area contributed by atoms with Gasteiger partial charge in [0.15, 0.2) is 5.08 Å². The van der Waals surface area contributed by atoms with E-state index in [1.54, 1.807) is 19.6 Å². The second kappa shape index (κ2) is 3.85. The Morgan fingerprint density at radius 1 is 1.15 bits per heavy atom. The Morgan fingerprint density at radius 2 is 1.54 bits per heavy atom. The third-order valence-corrected chi connectivity index (χ3v) is 6.76. The molecular formula is C4H11ClO5S2Si. The molecule has 0 unspecified atom stereocenters. The molecule has 13 heavy (non-hydrogen) atoms. The van der Waals surface area contributed by atoms with Gasteiger partial charge in [0.25, 0.3) is 10.1 Å². The van der Waals surface area contributed by atoms with E-state index in [-0.39, 0.29) is 0 Å². The highest BCUT2D eigenvalue weighted by Gasteiger charge is 2.28. The van der Waals surface area contributed by atoms with Crippen LogP contribution in [0.25, 0.3) is 0 Å². The van der Waals surface area contributed by atoms with E-state index >= 15 is 0 Å². The zero-order valence-electron chi connectivity index (χ0n) is 7.44. The van der Waals surface area contributed by atoms with Gasteiger partial charge in [-0.1, -0.05) is 0 Å². The minimum Gasteiger partial charge on any atom is -0.315 e. The quantitative estimate of drug-likeness (QED) is 0.553. The predicted molar refractivity (Wildman–Crippen MR) is 53.0 cm³/mol. The normalized spacial score (nSPS) is 14.5. The monoisotopic (exact) mass is 266 g/mol. The molecule has 80 valence electrons. The van der Waals surface area contributed by atoms with Gasteiger partial charge in [-0.2, -0.15) is 8.42 Å². The maximum Gasteiger partial charge on any atom is 0.273 e. The van der Waals surface area contributed by atoms with Crippen molar-refractivity contribution >= 4 is 38.2 Å². The highest BCUT2D eigenvalue weighted by molar-refractivity contribution is 8.20. The molecule has 0 bridgehead atoms. The maximum absolute atomic E-state index is 11.0. The summed E-state index contributed by atoms with van der Waals surface area (Å²) in [4.78, 5) is 0. The zero-order chi connectivity index (χ0) is 10.9. The Bertz CT molecular complexity index is 364. The third-order valence-electron chi connectivity index (χ3n) is 0.662.